The van der Waals surface area contributed by atoms with E-state index >= 15 is 0 Å². The Balaban J connectivity index is 0.000000168. The van der Waals surface area contributed by atoms with Crippen LogP contribution in [0, 0.1) is 0 Å². The highest BCUT2D eigenvalue weighted by molar-refractivity contribution is 7.10. The normalized spacial score (nSPS) is 16.5. The van der Waals surface area contributed by atoms with Crippen LogP contribution in [0.1, 0.15) is 98.8 Å². The van der Waals surface area contributed by atoms with Crippen LogP contribution in [0.4, 0.5) is 4.79 Å². The fourth-order valence-electron chi connectivity index (χ4n) is 7.77. The molecule has 4 heterocycles. The van der Waals surface area contributed by atoms with Gasteiger partial charge in [-0.3, -0.25) is 4.90 Å². The zero-order chi connectivity index (χ0) is 37.9. The Hall–Kier alpha value is -5.41. The summed E-state index contributed by atoms with van der Waals surface area (Å²) in [6.45, 7) is 2.10. The molecule has 0 spiro atoms. The Morgan fingerprint density at radius 1 is 0.625 bits per heavy atom. The van der Waals surface area contributed by atoms with E-state index in [9.17, 15) is 4.79 Å². The zero-order valence-corrected chi connectivity index (χ0v) is 33.0. The zero-order valence-electron chi connectivity index (χ0n) is 31.3. The van der Waals surface area contributed by atoms with Crippen molar-refractivity contribution >= 4 is 28.8 Å². The van der Waals surface area contributed by atoms with Crippen LogP contribution < -0.4 is 5.32 Å². The van der Waals surface area contributed by atoms with Crippen LogP contribution in [-0.4, -0.2) is 34.1 Å². The molecule has 282 valence electrons. The van der Waals surface area contributed by atoms with E-state index in [0.717, 1.165) is 41.3 Å². The van der Waals surface area contributed by atoms with Gasteiger partial charge in [0.25, 0.3) is 0 Å². The lowest BCUT2D eigenvalue weighted by atomic mass is 9.89. The summed E-state index contributed by atoms with van der Waals surface area (Å²) in [4.78, 5) is 24.8. The summed E-state index contributed by atoms with van der Waals surface area (Å²) in [6.07, 6.45) is 4.06. The van der Waals surface area contributed by atoms with E-state index in [-0.39, 0.29) is 30.6 Å². The molecule has 2 fully saturated rings. The average Bonchev–Trinajstić information content (AvgIpc) is 4.11. The Morgan fingerprint density at radius 2 is 1.09 bits per heavy atom. The van der Waals surface area contributed by atoms with Crippen molar-refractivity contribution in [2.75, 3.05) is 13.1 Å². The summed E-state index contributed by atoms with van der Waals surface area (Å²) in [5.74, 6) is 0.279. The number of hydrogen-bond acceptors (Lipinski definition) is 7. The number of carbonyl (C=O) groups excluding carboxylic acids is 1. The molecule has 6 nitrogen and oxygen atoms in total. The monoisotopic (exact) mass is 774 g/mol. The molecule has 8 heteroatoms. The van der Waals surface area contributed by atoms with Crippen LogP contribution in [0.15, 0.2) is 162 Å². The predicted octanol–water partition coefficient (Wildman–Crippen LogP) is 11.5. The summed E-state index contributed by atoms with van der Waals surface area (Å²) < 4.78 is 5.62. The van der Waals surface area contributed by atoms with Gasteiger partial charge in [0.2, 0.25) is 0 Å². The number of nitrogens with one attached hydrogen (secondary N) is 1. The molecule has 1 amide bonds. The highest BCUT2D eigenvalue weighted by Gasteiger charge is 2.34. The van der Waals surface area contributed by atoms with E-state index < -0.39 is 0 Å². The minimum Gasteiger partial charge on any atom is -0.445 e. The molecule has 2 aliphatic heterocycles. The summed E-state index contributed by atoms with van der Waals surface area (Å²) >= 11 is 3.43. The van der Waals surface area contributed by atoms with E-state index in [4.69, 9.17) is 14.7 Å². The molecule has 56 heavy (non-hydrogen) atoms. The molecular weight excluding hydrogens is 729 g/mol. The molecule has 2 unspecified atom stereocenters. The van der Waals surface area contributed by atoms with Crippen molar-refractivity contribution < 1.29 is 9.53 Å². The van der Waals surface area contributed by atoms with Crippen molar-refractivity contribution in [3.8, 4) is 0 Å². The van der Waals surface area contributed by atoms with Gasteiger partial charge in [0.05, 0.1) is 35.3 Å². The summed E-state index contributed by atoms with van der Waals surface area (Å²) in [6, 6.07) is 52.5. The Morgan fingerprint density at radius 3 is 1.57 bits per heavy atom. The van der Waals surface area contributed by atoms with Crippen molar-refractivity contribution in [2.45, 2.75) is 56.2 Å². The van der Waals surface area contributed by atoms with E-state index in [1.807, 2.05) is 47.4 Å². The van der Waals surface area contributed by atoms with Crippen LogP contribution in [-0.2, 0) is 11.3 Å². The molecule has 1 N–H and O–H groups in total. The maximum Gasteiger partial charge on any atom is 0.410 e. The van der Waals surface area contributed by atoms with Crippen molar-refractivity contribution in [1.82, 2.24) is 20.2 Å². The van der Waals surface area contributed by atoms with Crippen LogP contribution in [0.3, 0.4) is 0 Å². The number of carbonyl (C=O) groups is 1. The van der Waals surface area contributed by atoms with Gasteiger partial charge in [-0.2, -0.15) is 0 Å². The minimum atomic E-state index is -0.263. The van der Waals surface area contributed by atoms with Crippen LogP contribution in [0.5, 0.6) is 0 Å². The molecule has 2 aliphatic rings. The number of hydrogen-bond donors (Lipinski definition) is 1. The fourth-order valence-corrected chi connectivity index (χ4v) is 9.71. The number of likely N-dealkylation sites (tertiary alicyclic amines) is 1. The van der Waals surface area contributed by atoms with E-state index in [2.05, 4.69) is 125 Å². The SMILES string of the molecule is O=C(OCc1ccccc1)N1CCCC1c1nc(C(c2ccccc2)c2ccccc2)cs1.c1ccc(C(c2ccccc2)c2csc(C3CCCN3)n2)cc1. The van der Waals surface area contributed by atoms with Crippen molar-refractivity contribution in [3.05, 3.63) is 212 Å². The molecular formula is C48H46N4O2S2. The summed E-state index contributed by atoms with van der Waals surface area (Å²) in [5, 5.41) is 10.1. The third-order valence-corrected chi connectivity index (χ3v) is 12.5. The molecule has 0 bridgehead atoms. The van der Waals surface area contributed by atoms with Gasteiger partial charge in [-0.05, 0) is 60.0 Å². The Bertz CT molecular complexity index is 2160. The lowest BCUT2D eigenvalue weighted by Crippen LogP contribution is -2.31. The molecule has 2 saturated heterocycles. The maximum atomic E-state index is 12.9. The number of nitrogens with zero attached hydrogens (tertiary/aromatic N) is 3. The van der Waals surface area contributed by atoms with Crippen LogP contribution >= 0.6 is 22.7 Å². The predicted molar refractivity (Wildman–Crippen MR) is 227 cm³/mol. The lowest BCUT2D eigenvalue weighted by Gasteiger charge is -2.22. The molecule has 2 aromatic heterocycles. The molecule has 2 atom stereocenters. The van der Waals surface area contributed by atoms with Crippen LogP contribution in [0.25, 0.3) is 0 Å². The first kappa shape index (κ1) is 37.5. The number of rotatable bonds is 10. The highest BCUT2D eigenvalue weighted by atomic mass is 32.1. The number of aromatic nitrogens is 2. The van der Waals surface area contributed by atoms with Gasteiger partial charge in [0.15, 0.2) is 0 Å². The average molecular weight is 775 g/mol. The first-order valence-corrected chi connectivity index (χ1v) is 21.3. The van der Waals surface area contributed by atoms with Crippen molar-refractivity contribution in [3.63, 3.8) is 0 Å². The van der Waals surface area contributed by atoms with Gasteiger partial charge >= 0.3 is 6.09 Å². The van der Waals surface area contributed by atoms with E-state index in [1.165, 1.54) is 40.1 Å². The van der Waals surface area contributed by atoms with Crippen molar-refractivity contribution in [1.29, 1.82) is 0 Å². The molecule has 9 rings (SSSR count). The molecule has 5 aromatic carbocycles. The number of thiazole rings is 2. The smallest absolute Gasteiger partial charge is 0.410 e. The summed E-state index contributed by atoms with van der Waals surface area (Å²) in [7, 11) is 0. The van der Waals surface area contributed by atoms with Crippen LogP contribution in [0.2, 0.25) is 0 Å². The maximum absolute atomic E-state index is 12.9. The molecule has 0 aliphatic carbocycles. The Labute approximate surface area is 337 Å². The van der Waals surface area contributed by atoms with Gasteiger partial charge in [-0.15, -0.1) is 22.7 Å². The standard InChI is InChI=1S/C28H26N2O2S.C20H20N2S/c31-28(32-19-21-11-4-1-5-12-21)30-18-10-17-25(30)27-29-24(20-33-27)26(22-13-6-2-7-14-22)23-15-8-3-9-16-23;1-3-8-15(9-4-1)19(16-10-5-2-6-11-16)18-14-23-20(22-18)17-12-7-13-21-17/h1-9,11-16,20,25-26H,10,17-19H2;1-6,8-11,14,17,19,21H,7,12-13H2. The Kier molecular flexibility index (Phi) is 12.4. The van der Waals surface area contributed by atoms with Gasteiger partial charge in [-0.25, -0.2) is 14.8 Å². The van der Waals surface area contributed by atoms with E-state index in [0.29, 0.717) is 12.6 Å². The van der Waals surface area contributed by atoms with Gasteiger partial charge < -0.3 is 10.1 Å². The second kappa shape index (κ2) is 18.5. The third kappa shape index (κ3) is 9.00. The molecule has 0 radical (unpaired) electrons. The fraction of sp³-hybridized carbons (Fsp3) is 0.229. The minimum absolute atomic E-state index is 0.0285. The second-order valence-corrected chi connectivity index (χ2v) is 16.0. The molecule has 0 saturated carbocycles. The summed E-state index contributed by atoms with van der Waals surface area (Å²) in [5.41, 5.74) is 8.21. The van der Waals surface area contributed by atoms with Crippen molar-refractivity contribution in [2.24, 2.45) is 0 Å². The topological polar surface area (TPSA) is 67.3 Å². The number of amides is 1. The van der Waals surface area contributed by atoms with Gasteiger partial charge in [-0.1, -0.05) is 152 Å². The lowest BCUT2D eigenvalue weighted by molar-refractivity contribution is 0.0920. The third-order valence-electron chi connectivity index (χ3n) is 10.5. The first-order valence-electron chi connectivity index (χ1n) is 19.5. The van der Waals surface area contributed by atoms with E-state index in [1.54, 1.807) is 22.7 Å². The van der Waals surface area contributed by atoms with Gasteiger partial charge in [0, 0.05) is 17.3 Å². The quantitative estimate of drug-likeness (QED) is 0.150. The largest absolute Gasteiger partial charge is 0.445 e. The highest BCUT2D eigenvalue weighted by Crippen LogP contribution is 2.39. The second-order valence-electron chi connectivity index (χ2n) is 14.3. The van der Waals surface area contributed by atoms with Gasteiger partial charge in [0.1, 0.15) is 16.6 Å². The number of benzene rings is 5. The first-order chi connectivity index (χ1) is 27.7. The number of ether oxygens (including phenoxy) is 1. The molecule has 7 aromatic rings.